The predicted octanol–water partition coefficient (Wildman–Crippen LogP) is 2.59. The number of anilines is 1. The Morgan fingerprint density at radius 2 is 2.00 bits per heavy atom. The Morgan fingerprint density at radius 3 is 2.62 bits per heavy atom. The molecule has 2 bridgehead atoms. The zero-order chi connectivity index (χ0) is 8.84. The van der Waals surface area contributed by atoms with Crippen molar-refractivity contribution >= 4 is 5.69 Å². The molecule has 2 heterocycles. The predicted molar refractivity (Wildman–Crippen MR) is 55.0 cm³/mol. The van der Waals surface area contributed by atoms with Crippen molar-refractivity contribution in [2.24, 2.45) is 5.92 Å². The lowest BCUT2D eigenvalue weighted by Gasteiger charge is -2.28. The van der Waals surface area contributed by atoms with Gasteiger partial charge in [0.15, 0.2) is 0 Å². The van der Waals surface area contributed by atoms with Crippen LogP contribution in [0.3, 0.4) is 0 Å². The van der Waals surface area contributed by atoms with Crippen LogP contribution in [0.25, 0.3) is 0 Å². The summed E-state index contributed by atoms with van der Waals surface area (Å²) in [6.07, 6.45) is 2.88. The Kier molecular flexibility index (Phi) is 1.43. The van der Waals surface area contributed by atoms with Crippen LogP contribution < -0.4 is 4.90 Å². The molecule has 0 spiro atoms. The van der Waals surface area contributed by atoms with Gasteiger partial charge in [0.2, 0.25) is 0 Å². The quantitative estimate of drug-likeness (QED) is 0.631. The molecule has 3 aliphatic rings. The number of aryl methyl sites for hydroxylation is 1. The molecule has 1 aliphatic carbocycles. The monoisotopic (exact) mass is 173 g/mol. The summed E-state index contributed by atoms with van der Waals surface area (Å²) in [6.45, 7) is 3.51. The second-order valence-electron chi connectivity index (χ2n) is 4.43. The minimum atomic E-state index is 0.867. The van der Waals surface area contributed by atoms with E-state index in [-0.39, 0.29) is 0 Å². The Morgan fingerprint density at radius 1 is 1.23 bits per heavy atom. The summed E-state index contributed by atoms with van der Waals surface area (Å²) in [5.74, 6) is 1.00. The summed E-state index contributed by atoms with van der Waals surface area (Å²) in [6, 6.07) is 9.62. The number of hydrogen-bond donors (Lipinski definition) is 0. The number of hydrogen-bond acceptors (Lipinski definition) is 1. The molecular formula is C12H15N. The fraction of sp³-hybridized carbons (Fsp3) is 0.500. The van der Waals surface area contributed by atoms with E-state index in [2.05, 4.69) is 36.1 Å². The maximum atomic E-state index is 2.60. The Bertz CT molecular complexity index is 326. The fourth-order valence-electron chi connectivity index (χ4n) is 2.71. The van der Waals surface area contributed by atoms with Gasteiger partial charge in [-0.05, 0) is 37.3 Å². The first-order valence-corrected chi connectivity index (χ1v) is 5.17. The minimum Gasteiger partial charge on any atom is -0.368 e. The van der Waals surface area contributed by atoms with Crippen molar-refractivity contribution in [2.45, 2.75) is 25.8 Å². The number of para-hydroxylation sites is 1. The minimum absolute atomic E-state index is 0.867. The molecule has 1 aromatic carbocycles. The molecular weight excluding hydrogens is 158 g/mol. The van der Waals surface area contributed by atoms with Crippen LogP contribution in [0.5, 0.6) is 0 Å². The standard InChI is InChI=1S/C12H15N/c1-9-4-2-3-5-12(9)13-8-10-6-11(13)7-10/h2-5,10-11H,6-8H2,1H3. The molecule has 0 amide bonds. The van der Waals surface area contributed by atoms with Gasteiger partial charge in [-0.15, -0.1) is 0 Å². The van der Waals surface area contributed by atoms with Crippen molar-refractivity contribution in [2.75, 3.05) is 11.4 Å². The fourth-order valence-corrected chi connectivity index (χ4v) is 2.71. The van der Waals surface area contributed by atoms with E-state index in [4.69, 9.17) is 0 Å². The van der Waals surface area contributed by atoms with Crippen molar-refractivity contribution in [1.29, 1.82) is 0 Å². The van der Waals surface area contributed by atoms with Crippen LogP contribution in [0.2, 0.25) is 0 Å². The second-order valence-corrected chi connectivity index (χ2v) is 4.43. The topological polar surface area (TPSA) is 3.24 Å². The first-order valence-electron chi connectivity index (χ1n) is 5.17. The van der Waals surface area contributed by atoms with Crippen molar-refractivity contribution in [1.82, 2.24) is 0 Å². The molecule has 0 aromatic heterocycles. The van der Waals surface area contributed by atoms with E-state index in [1.54, 1.807) is 0 Å². The molecule has 0 N–H and O–H groups in total. The molecule has 4 rings (SSSR count). The molecule has 0 atom stereocenters. The van der Waals surface area contributed by atoms with Gasteiger partial charge in [0.1, 0.15) is 0 Å². The van der Waals surface area contributed by atoms with E-state index in [0.717, 1.165) is 12.0 Å². The third kappa shape index (κ3) is 0.995. The van der Waals surface area contributed by atoms with Gasteiger partial charge in [0.05, 0.1) is 0 Å². The number of fused-ring (bicyclic) bond motifs is 1. The Hall–Kier alpha value is -0.980. The normalized spacial score (nSPS) is 30.4. The van der Waals surface area contributed by atoms with Gasteiger partial charge in [0.25, 0.3) is 0 Å². The summed E-state index contributed by atoms with van der Waals surface area (Å²) >= 11 is 0. The average molecular weight is 173 g/mol. The van der Waals surface area contributed by atoms with Gasteiger partial charge in [0, 0.05) is 18.3 Å². The molecule has 1 aromatic rings. The summed E-state index contributed by atoms with van der Waals surface area (Å²) < 4.78 is 0. The summed E-state index contributed by atoms with van der Waals surface area (Å²) in [5, 5.41) is 0. The summed E-state index contributed by atoms with van der Waals surface area (Å²) in [7, 11) is 0. The average Bonchev–Trinajstić information content (AvgIpc) is 2.61. The third-order valence-electron chi connectivity index (χ3n) is 3.53. The largest absolute Gasteiger partial charge is 0.368 e. The zero-order valence-corrected chi connectivity index (χ0v) is 8.03. The summed E-state index contributed by atoms with van der Waals surface area (Å²) in [4.78, 5) is 2.60. The van der Waals surface area contributed by atoms with Crippen LogP contribution >= 0.6 is 0 Å². The van der Waals surface area contributed by atoms with Crippen molar-refractivity contribution in [3.05, 3.63) is 29.8 Å². The van der Waals surface area contributed by atoms with E-state index in [9.17, 15) is 0 Å². The highest BCUT2D eigenvalue weighted by Crippen LogP contribution is 2.43. The Balaban J connectivity index is 1.96. The smallest absolute Gasteiger partial charge is 0.0398 e. The molecule has 1 saturated carbocycles. The molecule has 2 saturated heterocycles. The highest BCUT2D eigenvalue weighted by molar-refractivity contribution is 5.56. The van der Waals surface area contributed by atoms with E-state index in [1.165, 1.54) is 30.6 Å². The number of benzene rings is 1. The molecule has 1 heteroatoms. The summed E-state index contributed by atoms with van der Waals surface area (Å²) in [5.41, 5.74) is 2.89. The SMILES string of the molecule is Cc1ccccc1N1CC2CC1C2. The molecule has 0 unspecified atom stereocenters. The van der Waals surface area contributed by atoms with Crippen LogP contribution in [-0.4, -0.2) is 12.6 Å². The first kappa shape index (κ1) is 7.43. The second kappa shape index (κ2) is 2.50. The first-order chi connectivity index (χ1) is 6.34. The van der Waals surface area contributed by atoms with Crippen LogP contribution in [0.4, 0.5) is 5.69 Å². The van der Waals surface area contributed by atoms with Crippen LogP contribution in [0.15, 0.2) is 24.3 Å². The van der Waals surface area contributed by atoms with Gasteiger partial charge < -0.3 is 4.90 Å². The van der Waals surface area contributed by atoms with Crippen LogP contribution in [0, 0.1) is 12.8 Å². The molecule has 68 valence electrons. The van der Waals surface area contributed by atoms with Gasteiger partial charge in [-0.3, -0.25) is 0 Å². The van der Waals surface area contributed by atoms with Gasteiger partial charge in [-0.1, -0.05) is 18.2 Å². The van der Waals surface area contributed by atoms with E-state index < -0.39 is 0 Å². The van der Waals surface area contributed by atoms with Gasteiger partial charge in [-0.2, -0.15) is 0 Å². The lowest BCUT2D eigenvalue weighted by molar-refractivity contribution is 0.381. The van der Waals surface area contributed by atoms with Gasteiger partial charge in [-0.25, -0.2) is 0 Å². The molecule has 13 heavy (non-hydrogen) atoms. The molecule has 2 aliphatic heterocycles. The Labute approximate surface area is 79.4 Å². The zero-order valence-electron chi connectivity index (χ0n) is 8.03. The molecule has 1 nitrogen and oxygen atoms in total. The van der Waals surface area contributed by atoms with Crippen LogP contribution in [0.1, 0.15) is 18.4 Å². The lowest BCUT2D eigenvalue weighted by Crippen LogP contribution is -2.28. The highest BCUT2D eigenvalue weighted by Gasteiger charge is 2.42. The molecule has 0 radical (unpaired) electrons. The van der Waals surface area contributed by atoms with Crippen molar-refractivity contribution < 1.29 is 0 Å². The highest BCUT2D eigenvalue weighted by atomic mass is 15.2. The number of rotatable bonds is 1. The molecule has 3 fully saturated rings. The van der Waals surface area contributed by atoms with E-state index >= 15 is 0 Å². The maximum absolute atomic E-state index is 2.60. The van der Waals surface area contributed by atoms with E-state index in [0.29, 0.717) is 0 Å². The lowest BCUT2D eigenvalue weighted by atomic mass is 9.86. The maximum Gasteiger partial charge on any atom is 0.0398 e. The van der Waals surface area contributed by atoms with Crippen molar-refractivity contribution in [3.63, 3.8) is 0 Å². The third-order valence-corrected chi connectivity index (χ3v) is 3.53. The van der Waals surface area contributed by atoms with E-state index in [1.807, 2.05) is 0 Å². The van der Waals surface area contributed by atoms with Crippen molar-refractivity contribution in [3.8, 4) is 0 Å². The van der Waals surface area contributed by atoms with Crippen LogP contribution in [-0.2, 0) is 0 Å². The van der Waals surface area contributed by atoms with Gasteiger partial charge >= 0.3 is 0 Å². The number of nitrogens with zero attached hydrogens (tertiary/aromatic N) is 1.